The van der Waals surface area contributed by atoms with Gasteiger partial charge in [-0.05, 0) is 26.4 Å². The second kappa shape index (κ2) is 10.2. The fourth-order valence-electron chi connectivity index (χ4n) is 2.27. The highest BCUT2D eigenvalue weighted by molar-refractivity contribution is 5.79. The van der Waals surface area contributed by atoms with Gasteiger partial charge in [0.1, 0.15) is 0 Å². The minimum absolute atomic E-state index is 0.556. The Bertz CT molecular complexity index is 222. The van der Waals surface area contributed by atoms with E-state index in [-0.39, 0.29) is 0 Å². The molecule has 0 aromatic carbocycles. The highest BCUT2D eigenvalue weighted by Crippen LogP contribution is 2.16. The van der Waals surface area contributed by atoms with Gasteiger partial charge in [-0.15, -0.1) is 0 Å². The van der Waals surface area contributed by atoms with Crippen LogP contribution in [0.1, 0.15) is 40.0 Å². The zero-order valence-corrected chi connectivity index (χ0v) is 13.1. The quantitative estimate of drug-likeness (QED) is 0.515. The first-order valence-electron chi connectivity index (χ1n) is 7.21. The molecule has 0 spiro atoms. The molecule has 0 aliphatic heterocycles. The minimum atomic E-state index is 0.556. The van der Waals surface area contributed by atoms with E-state index < -0.39 is 0 Å². The Hall–Kier alpha value is -0.770. The standard InChI is InChI=1S/C14H32N4/c1-7-10-16-14(15-4)17-11-13(18(5)6)12(8-2)9-3/h12-13H,7-11H2,1-6H3,(H2,15,16,17). The van der Waals surface area contributed by atoms with Crippen molar-refractivity contribution >= 4 is 5.96 Å². The number of rotatable bonds is 8. The third-order valence-electron chi connectivity index (χ3n) is 3.50. The van der Waals surface area contributed by atoms with Gasteiger partial charge in [-0.1, -0.05) is 33.6 Å². The van der Waals surface area contributed by atoms with E-state index in [2.05, 4.69) is 55.4 Å². The number of aliphatic imine (C=N–C) groups is 1. The monoisotopic (exact) mass is 256 g/mol. The van der Waals surface area contributed by atoms with Crippen LogP contribution in [0.2, 0.25) is 0 Å². The largest absolute Gasteiger partial charge is 0.356 e. The highest BCUT2D eigenvalue weighted by Gasteiger charge is 2.20. The Morgan fingerprint density at radius 3 is 2.11 bits per heavy atom. The van der Waals surface area contributed by atoms with Crippen LogP contribution >= 0.6 is 0 Å². The topological polar surface area (TPSA) is 39.7 Å². The first-order chi connectivity index (χ1) is 8.60. The van der Waals surface area contributed by atoms with E-state index in [0.717, 1.165) is 31.4 Å². The van der Waals surface area contributed by atoms with Gasteiger partial charge in [0, 0.05) is 26.2 Å². The number of guanidine groups is 1. The molecule has 0 aliphatic rings. The van der Waals surface area contributed by atoms with Crippen LogP contribution in [0.25, 0.3) is 0 Å². The minimum Gasteiger partial charge on any atom is -0.356 e. The maximum atomic E-state index is 4.24. The summed E-state index contributed by atoms with van der Waals surface area (Å²) >= 11 is 0. The molecule has 0 amide bonds. The van der Waals surface area contributed by atoms with Crippen molar-refractivity contribution in [1.29, 1.82) is 0 Å². The number of nitrogens with one attached hydrogen (secondary N) is 2. The fraction of sp³-hybridized carbons (Fsp3) is 0.929. The first-order valence-corrected chi connectivity index (χ1v) is 7.21. The third kappa shape index (κ3) is 6.24. The van der Waals surface area contributed by atoms with Crippen molar-refractivity contribution in [2.45, 2.75) is 46.1 Å². The molecule has 0 aliphatic carbocycles. The van der Waals surface area contributed by atoms with Crippen LogP contribution in [0.15, 0.2) is 4.99 Å². The Kier molecular flexibility index (Phi) is 9.74. The van der Waals surface area contributed by atoms with Gasteiger partial charge < -0.3 is 15.5 Å². The summed E-state index contributed by atoms with van der Waals surface area (Å²) in [7, 11) is 6.15. The third-order valence-corrected chi connectivity index (χ3v) is 3.50. The summed E-state index contributed by atoms with van der Waals surface area (Å²) in [5.41, 5.74) is 0. The summed E-state index contributed by atoms with van der Waals surface area (Å²) < 4.78 is 0. The molecular weight excluding hydrogens is 224 g/mol. The van der Waals surface area contributed by atoms with Crippen molar-refractivity contribution in [2.24, 2.45) is 10.9 Å². The van der Waals surface area contributed by atoms with Crippen molar-refractivity contribution < 1.29 is 0 Å². The van der Waals surface area contributed by atoms with Crippen LogP contribution in [0.5, 0.6) is 0 Å². The number of hydrogen-bond acceptors (Lipinski definition) is 2. The maximum Gasteiger partial charge on any atom is 0.191 e. The second-order valence-electron chi connectivity index (χ2n) is 4.99. The predicted molar refractivity (Wildman–Crippen MR) is 81.2 cm³/mol. The van der Waals surface area contributed by atoms with E-state index in [1.807, 2.05) is 7.05 Å². The molecule has 1 unspecified atom stereocenters. The molecule has 108 valence electrons. The van der Waals surface area contributed by atoms with Crippen molar-refractivity contribution in [1.82, 2.24) is 15.5 Å². The van der Waals surface area contributed by atoms with Crippen LogP contribution < -0.4 is 10.6 Å². The number of nitrogens with zero attached hydrogens (tertiary/aromatic N) is 2. The lowest BCUT2D eigenvalue weighted by Gasteiger charge is -2.32. The fourth-order valence-corrected chi connectivity index (χ4v) is 2.27. The van der Waals surface area contributed by atoms with Gasteiger partial charge in [0.2, 0.25) is 0 Å². The lowest BCUT2D eigenvalue weighted by molar-refractivity contribution is 0.200. The summed E-state index contributed by atoms with van der Waals surface area (Å²) in [6.45, 7) is 8.62. The van der Waals surface area contributed by atoms with E-state index in [0.29, 0.717) is 6.04 Å². The van der Waals surface area contributed by atoms with Crippen molar-refractivity contribution in [3.05, 3.63) is 0 Å². The summed E-state index contributed by atoms with van der Waals surface area (Å²) in [5.74, 6) is 1.64. The summed E-state index contributed by atoms with van der Waals surface area (Å²) in [4.78, 5) is 6.56. The maximum absolute atomic E-state index is 4.24. The lowest BCUT2D eigenvalue weighted by Crippen LogP contribution is -2.48. The number of likely N-dealkylation sites (N-methyl/N-ethyl adjacent to an activating group) is 1. The van der Waals surface area contributed by atoms with Gasteiger partial charge in [0.25, 0.3) is 0 Å². The Balaban J connectivity index is 4.33. The molecule has 0 rings (SSSR count). The molecule has 1 atom stereocenters. The van der Waals surface area contributed by atoms with E-state index in [9.17, 15) is 0 Å². The van der Waals surface area contributed by atoms with Gasteiger partial charge >= 0.3 is 0 Å². The van der Waals surface area contributed by atoms with Crippen molar-refractivity contribution in [3.63, 3.8) is 0 Å². The van der Waals surface area contributed by atoms with Crippen molar-refractivity contribution in [3.8, 4) is 0 Å². The summed E-state index contributed by atoms with van der Waals surface area (Å²) in [6, 6.07) is 0.556. The molecular formula is C14H32N4. The van der Waals surface area contributed by atoms with Gasteiger partial charge in [-0.3, -0.25) is 4.99 Å². The molecule has 0 saturated carbocycles. The Morgan fingerprint density at radius 2 is 1.72 bits per heavy atom. The molecule has 0 radical (unpaired) electrons. The molecule has 4 nitrogen and oxygen atoms in total. The molecule has 4 heteroatoms. The van der Waals surface area contributed by atoms with Crippen LogP contribution in [-0.4, -0.2) is 51.1 Å². The Labute approximate surface area is 113 Å². The molecule has 18 heavy (non-hydrogen) atoms. The Morgan fingerprint density at radius 1 is 1.11 bits per heavy atom. The van der Waals surface area contributed by atoms with Crippen molar-refractivity contribution in [2.75, 3.05) is 34.2 Å². The summed E-state index contributed by atoms with van der Waals surface area (Å²) in [5, 5.41) is 6.74. The van der Waals surface area contributed by atoms with Gasteiger partial charge in [0.15, 0.2) is 5.96 Å². The zero-order valence-electron chi connectivity index (χ0n) is 13.1. The molecule has 0 heterocycles. The smallest absolute Gasteiger partial charge is 0.191 e. The SMILES string of the molecule is CCCNC(=NC)NCC(C(CC)CC)N(C)C. The van der Waals surface area contributed by atoms with Gasteiger partial charge in [0.05, 0.1) is 0 Å². The van der Waals surface area contributed by atoms with E-state index in [1.54, 1.807) is 0 Å². The normalized spacial score (nSPS) is 14.1. The van der Waals surface area contributed by atoms with Crippen LogP contribution in [0, 0.1) is 5.92 Å². The van der Waals surface area contributed by atoms with Crippen LogP contribution in [0.4, 0.5) is 0 Å². The highest BCUT2D eigenvalue weighted by atomic mass is 15.2. The molecule has 2 N–H and O–H groups in total. The second-order valence-corrected chi connectivity index (χ2v) is 4.99. The van der Waals surface area contributed by atoms with E-state index in [1.165, 1.54) is 12.8 Å². The van der Waals surface area contributed by atoms with E-state index >= 15 is 0 Å². The average Bonchev–Trinajstić information content (AvgIpc) is 2.37. The lowest BCUT2D eigenvalue weighted by atomic mass is 9.93. The predicted octanol–water partition coefficient (Wildman–Crippen LogP) is 1.93. The molecule has 0 aromatic heterocycles. The molecule has 0 aromatic rings. The van der Waals surface area contributed by atoms with E-state index in [4.69, 9.17) is 0 Å². The van der Waals surface area contributed by atoms with Gasteiger partial charge in [-0.2, -0.15) is 0 Å². The van der Waals surface area contributed by atoms with Crippen LogP contribution in [0.3, 0.4) is 0 Å². The molecule has 0 bridgehead atoms. The van der Waals surface area contributed by atoms with Crippen LogP contribution in [-0.2, 0) is 0 Å². The van der Waals surface area contributed by atoms with Gasteiger partial charge in [-0.25, -0.2) is 0 Å². The zero-order chi connectivity index (χ0) is 14.0. The molecule has 0 saturated heterocycles. The molecule has 0 fully saturated rings. The average molecular weight is 256 g/mol. The first kappa shape index (κ1) is 17.2. The number of hydrogen-bond donors (Lipinski definition) is 2. The summed E-state index contributed by atoms with van der Waals surface area (Å²) in [6.07, 6.45) is 3.56.